The van der Waals surface area contributed by atoms with E-state index in [9.17, 15) is 0 Å². The van der Waals surface area contributed by atoms with E-state index in [1.165, 1.54) is 0 Å². The van der Waals surface area contributed by atoms with E-state index in [4.69, 9.17) is 16.7 Å². The van der Waals surface area contributed by atoms with Crippen LogP contribution >= 0.6 is 24.0 Å². The lowest BCUT2D eigenvalue weighted by Crippen LogP contribution is -2.28. The summed E-state index contributed by atoms with van der Waals surface area (Å²) in [4.78, 5) is 4.60. The third-order valence-electron chi connectivity index (χ3n) is 3.79. The quantitative estimate of drug-likeness (QED) is 0.799. The van der Waals surface area contributed by atoms with Crippen molar-refractivity contribution in [2.75, 3.05) is 13.1 Å². The van der Waals surface area contributed by atoms with Gasteiger partial charge >= 0.3 is 0 Å². The van der Waals surface area contributed by atoms with Crippen LogP contribution in [0.5, 0.6) is 0 Å². The van der Waals surface area contributed by atoms with Gasteiger partial charge in [-0.25, -0.2) is 5.01 Å². The van der Waals surface area contributed by atoms with Crippen molar-refractivity contribution in [2.24, 2.45) is 10.1 Å². The second-order valence-electron chi connectivity index (χ2n) is 5.24. The van der Waals surface area contributed by atoms with Crippen LogP contribution in [0, 0.1) is 0 Å². The SMILES string of the molecule is Cl.Clc1ccc(C2=NN3CCN=C3C(c3ccccc3)=C2)cc1. The highest BCUT2D eigenvalue weighted by atomic mass is 35.5. The molecule has 0 amide bonds. The Kier molecular flexibility index (Phi) is 4.51. The lowest BCUT2D eigenvalue weighted by Gasteiger charge is -2.23. The summed E-state index contributed by atoms with van der Waals surface area (Å²) < 4.78 is 0. The topological polar surface area (TPSA) is 28.0 Å². The molecule has 0 atom stereocenters. The van der Waals surface area contributed by atoms with Gasteiger partial charge in [0.25, 0.3) is 0 Å². The molecule has 5 heteroatoms. The lowest BCUT2D eigenvalue weighted by atomic mass is 9.99. The summed E-state index contributed by atoms with van der Waals surface area (Å²) in [5.74, 6) is 0.962. The Balaban J connectivity index is 0.00000156. The van der Waals surface area contributed by atoms with Crippen molar-refractivity contribution in [3.8, 4) is 0 Å². The minimum atomic E-state index is 0. The highest BCUT2D eigenvalue weighted by Crippen LogP contribution is 2.26. The van der Waals surface area contributed by atoms with E-state index in [0.717, 1.165) is 46.4 Å². The first-order valence-electron chi connectivity index (χ1n) is 7.25. The molecule has 2 aromatic rings. The average molecular weight is 344 g/mol. The third-order valence-corrected chi connectivity index (χ3v) is 4.05. The number of halogens is 2. The maximum Gasteiger partial charge on any atom is 0.152 e. The molecule has 0 fully saturated rings. The fourth-order valence-corrected chi connectivity index (χ4v) is 2.84. The Bertz CT molecular complexity index is 793. The Hall–Kier alpha value is -2.10. The van der Waals surface area contributed by atoms with Crippen LogP contribution in [-0.4, -0.2) is 29.6 Å². The Morgan fingerprint density at radius 1 is 0.913 bits per heavy atom. The summed E-state index contributed by atoms with van der Waals surface area (Å²) in [5, 5.41) is 7.44. The number of aliphatic imine (C=N–C) groups is 1. The molecule has 3 nitrogen and oxygen atoms in total. The summed E-state index contributed by atoms with van der Waals surface area (Å²) in [5.41, 5.74) is 4.28. The van der Waals surface area contributed by atoms with Gasteiger partial charge in [-0.1, -0.05) is 54.1 Å². The van der Waals surface area contributed by atoms with Gasteiger partial charge in [0.15, 0.2) is 5.84 Å². The van der Waals surface area contributed by atoms with Gasteiger partial charge in [0.2, 0.25) is 0 Å². The molecule has 0 spiro atoms. The predicted molar refractivity (Wildman–Crippen MR) is 98.7 cm³/mol. The Morgan fingerprint density at radius 3 is 2.39 bits per heavy atom. The number of rotatable bonds is 2. The molecule has 0 radical (unpaired) electrons. The maximum absolute atomic E-state index is 5.98. The van der Waals surface area contributed by atoms with Crippen molar-refractivity contribution in [1.29, 1.82) is 0 Å². The zero-order chi connectivity index (χ0) is 14.9. The van der Waals surface area contributed by atoms with E-state index in [2.05, 4.69) is 23.2 Å². The Morgan fingerprint density at radius 2 is 1.65 bits per heavy atom. The van der Waals surface area contributed by atoms with E-state index < -0.39 is 0 Å². The summed E-state index contributed by atoms with van der Waals surface area (Å²) in [7, 11) is 0. The first-order valence-corrected chi connectivity index (χ1v) is 7.63. The van der Waals surface area contributed by atoms with E-state index in [0.29, 0.717) is 0 Å². The number of amidine groups is 1. The van der Waals surface area contributed by atoms with Crippen LogP contribution in [0.2, 0.25) is 5.02 Å². The number of allylic oxidation sites excluding steroid dienone is 1. The number of hydrogen-bond acceptors (Lipinski definition) is 3. The number of nitrogens with zero attached hydrogens (tertiary/aromatic N) is 3. The predicted octanol–water partition coefficient (Wildman–Crippen LogP) is 4.28. The summed E-state index contributed by atoms with van der Waals surface area (Å²) in [6.07, 6.45) is 2.11. The van der Waals surface area contributed by atoms with E-state index in [1.54, 1.807) is 0 Å². The number of fused-ring (bicyclic) bond motifs is 1. The van der Waals surface area contributed by atoms with Crippen LogP contribution in [0.25, 0.3) is 5.57 Å². The maximum atomic E-state index is 5.98. The minimum absolute atomic E-state index is 0. The number of hydrazone groups is 1. The van der Waals surface area contributed by atoms with Gasteiger partial charge in [-0.2, -0.15) is 5.10 Å². The average Bonchev–Trinajstić information content (AvgIpc) is 3.04. The molecule has 0 N–H and O–H groups in total. The third kappa shape index (κ3) is 3.03. The van der Waals surface area contributed by atoms with Crippen molar-refractivity contribution >= 4 is 41.1 Å². The molecule has 0 bridgehead atoms. The van der Waals surface area contributed by atoms with Crippen LogP contribution in [0.3, 0.4) is 0 Å². The Labute approximate surface area is 146 Å². The minimum Gasteiger partial charge on any atom is -0.265 e. The second kappa shape index (κ2) is 6.57. The van der Waals surface area contributed by atoms with Crippen molar-refractivity contribution in [3.05, 3.63) is 76.8 Å². The van der Waals surface area contributed by atoms with Gasteiger partial charge in [0.05, 0.1) is 18.8 Å². The van der Waals surface area contributed by atoms with Gasteiger partial charge in [-0.3, -0.25) is 4.99 Å². The smallest absolute Gasteiger partial charge is 0.152 e. The van der Waals surface area contributed by atoms with E-state index in [-0.39, 0.29) is 12.4 Å². The highest BCUT2D eigenvalue weighted by Gasteiger charge is 2.26. The van der Waals surface area contributed by atoms with Gasteiger partial charge in [-0.05, 0) is 23.8 Å². The van der Waals surface area contributed by atoms with E-state index >= 15 is 0 Å². The molecule has 0 saturated carbocycles. The van der Waals surface area contributed by atoms with Gasteiger partial charge in [-0.15, -0.1) is 12.4 Å². The molecule has 2 aliphatic heterocycles. The molecule has 4 rings (SSSR count). The first kappa shape index (κ1) is 15.8. The van der Waals surface area contributed by atoms with Crippen LogP contribution in [0.4, 0.5) is 0 Å². The molecular weight excluding hydrogens is 329 g/mol. The molecule has 0 unspecified atom stereocenters. The van der Waals surface area contributed by atoms with Crippen molar-refractivity contribution in [3.63, 3.8) is 0 Å². The molecule has 0 aliphatic carbocycles. The monoisotopic (exact) mass is 343 g/mol. The molecule has 0 aromatic heterocycles. The fourth-order valence-electron chi connectivity index (χ4n) is 2.71. The first-order chi connectivity index (χ1) is 10.8. The van der Waals surface area contributed by atoms with Crippen LogP contribution in [0.1, 0.15) is 11.1 Å². The molecule has 2 aromatic carbocycles. The largest absolute Gasteiger partial charge is 0.265 e. The van der Waals surface area contributed by atoms with Gasteiger partial charge in [0, 0.05) is 16.2 Å². The van der Waals surface area contributed by atoms with Crippen LogP contribution in [-0.2, 0) is 0 Å². The lowest BCUT2D eigenvalue weighted by molar-refractivity contribution is 0.491. The second-order valence-corrected chi connectivity index (χ2v) is 5.68. The molecular formula is C18H15Cl2N3. The molecule has 116 valence electrons. The zero-order valence-electron chi connectivity index (χ0n) is 12.3. The molecule has 0 saturated heterocycles. The molecule has 2 heterocycles. The van der Waals surface area contributed by atoms with Crippen LogP contribution in [0.15, 0.2) is 70.8 Å². The summed E-state index contributed by atoms with van der Waals surface area (Å²) >= 11 is 5.98. The highest BCUT2D eigenvalue weighted by molar-refractivity contribution is 6.32. The van der Waals surface area contributed by atoms with Gasteiger partial charge < -0.3 is 0 Å². The van der Waals surface area contributed by atoms with Crippen molar-refractivity contribution in [1.82, 2.24) is 5.01 Å². The number of hydrogen-bond donors (Lipinski definition) is 0. The van der Waals surface area contributed by atoms with E-state index in [1.807, 2.05) is 47.5 Å². The molecule has 2 aliphatic rings. The number of benzene rings is 2. The van der Waals surface area contributed by atoms with Crippen LogP contribution < -0.4 is 0 Å². The fraction of sp³-hybridized carbons (Fsp3) is 0.111. The zero-order valence-corrected chi connectivity index (χ0v) is 13.9. The molecule has 23 heavy (non-hydrogen) atoms. The summed E-state index contributed by atoms with van der Waals surface area (Å²) in [6, 6.07) is 18.1. The van der Waals surface area contributed by atoms with Crippen molar-refractivity contribution in [2.45, 2.75) is 0 Å². The standard InChI is InChI=1S/C18H14ClN3.ClH/c19-15-8-6-14(7-9-15)17-12-16(13-4-2-1-3-5-13)18-20-10-11-22(18)21-17;/h1-9,12H,10-11H2;1H. The van der Waals surface area contributed by atoms with Gasteiger partial charge in [0.1, 0.15) is 0 Å². The van der Waals surface area contributed by atoms with Crippen molar-refractivity contribution < 1.29 is 0 Å². The summed E-state index contributed by atoms with van der Waals surface area (Å²) in [6.45, 7) is 1.62. The normalized spacial score (nSPS) is 16.0.